The van der Waals surface area contributed by atoms with Gasteiger partial charge >= 0.3 is 0 Å². The Kier molecular flexibility index (Phi) is 9.06. The first kappa shape index (κ1) is 19.5. The molecule has 0 bridgehead atoms. The van der Waals surface area contributed by atoms with Gasteiger partial charge in [-0.1, -0.05) is 51.9 Å². The zero-order chi connectivity index (χ0) is 16.4. The number of rotatable bonds is 10. The van der Waals surface area contributed by atoms with Crippen molar-refractivity contribution in [3.8, 4) is 0 Å². The third-order valence-corrected chi connectivity index (χ3v) is 6.33. The molecule has 0 N–H and O–H groups in total. The standard InChI is InChI=1S/C17H33NO3S/c1-3-4-5-6-7-8-9-10-11-17(19)18-14-12-16(13-15-18)22(2,20)21/h16H,3-15H2,1-2H3. The summed E-state index contributed by atoms with van der Waals surface area (Å²) in [5, 5.41) is -0.250. The fourth-order valence-electron chi connectivity index (χ4n) is 3.10. The molecule has 0 aromatic heterocycles. The zero-order valence-electron chi connectivity index (χ0n) is 14.3. The summed E-state index contributed by atoms with van der Waals surface area (Å²) in [4.78, 5) is 14.0. The Balaban J connectivity index is 2.07. The van der Waals surface area contributed by atoms with Gasteiger partial charge in [0, 0.05) is 25.8 Å². The van der Waals surface area contributed by atoms with Crippen molar-refractivity contribution in [2.75, 3.05) is 19.3 Å². The monoisotopic (exact) mass is 331 g/mol. The number of carbonyl (C=O) groups is 1. The largest absolute Gasteiger partial charge is 0.343 e. The molecule has 1 aliphatic heterocycles. The van der Waals surface area contributed by atoms with E-state index in [-0.39, 0.29) is 11.2 Å². The van der Waals surface area contributed by atoms with E-state index in [1.165, 1.54) is 44.8 Å². The van der Waals surface area contributed by atoms with E-state index in [2.05, 4.69) is 6.92 Å². The Morgan fingerprint density at radius 3 is 1.95 bits per heavy atom. The highest BCUT2D eigenvalue weighted by Gasteiger charge is 2.28. The molecule has 4 nitrogen and oxygen atoms in total. The maximum Gasteiger partial charge on any atom is 0.222 e. The molecule has 0 aliphatic carbocycles. The Morgan fingerprint density at radius 1 is 0.955 bits per heavy atom. The van der Waals surface area contributed by atoms with Crippen molar-refractivity contribution in [2.24, 2.45) is 0 Å². The molecular weight excluding hydrogens is 298 g/mol. The Bertz CT molecular complexity index is 412. The number of piperidine rings is 1. The summed E-state index contributed by atoms with van der Waals surface area (Å²) in [6.07, 6.45) is 13.0. The van der Waals surface area contributed by atoms with E-state index in [1.807, 2.05) is 4.90 Å². The molecule has 0 radical (unpaired) electrons. The van der Waals surface area contributed by atoms with E-state index >= 15 is 0 Å². The van der Waals surface area contributed by atoms with Gasteiger partial charge < -0.3 is 4.90 Å². The van der Waals surface area contributed by atoms with Crippen LogP contribution in [0.25, 0.3) is 0 Å². The predicted molar refractivity (Wildman–Crippen MR) is 91.7 cm³/mol. The number of hydrogen-bond donors (Lipinski definition) is 0. The van der Waals surface area contributed by atoms with E-state index in [0.717, 1.165) is 12.8 Å². The molecule has 0 atom stereocenters. The molecule has 0 spiro atoms. The smallest absolute Gasteiger partial charge is 0.222 e. The number of carbonyl (C=O) groups excluding carboxylic acids is 1. The quantitative estimate of drug-likeness (QED) is 0.575. The van der Waals surface area contributed by atoms with Crippen LogP contribution in [0.3, 0.4) is 0 Å². The van der Waals surface area contributed by atoms with Crippen molar-refractivity contribution in [1.82, 2.24) is 4.90 Å². The lowest BCUT2D eigenvalue weighted by atomic mass is 10.1. The van der Waals surface area contributed by atoms with Gasteiger partial charge in [-0.2, -0.15) is 0 Å². The van der Waals surface area contributed by atoms with Crippen LogP contribution >= 0.6 is 0 Å². The van der Waals surface area contributed by atoms with Crippen LogP contribution in [0.15, 0.2) is 0 Å². The summed E-state index contributed by atoms with van der Waals surface area (Å²) in [5.41, 5.74) is 0. The third-order valence-electron chi connectivity index (χ3n) is 4.64. The lowest BCUT2D eigenvalue weighted by Gasteiger charge is -2.31. The molecule has 1 heterocycles. The van der Waals surface area contributed by atoms with Crippen molar-refractivity contribution < 1.29 is 13.2 Å². The van der Waals surface area contributed by atoms with Crippen molar-refractivity contribution in [1.29, 1.82) is 0 Å². The van der Waals surface area contributed by atoms with E-state index in [0.29, 0.717) is 32.4 Å². The normalized spacial score (nSPS) is 16.9. The second-order valence-electron chi connectivity index (χ2n) is 6.63. The van der Waals surface area contributed by atoms with Gasteiger partial charge in [0.05, 0.1) is 5.25 Å². The molecular formula is C17H33NO3S. The molecule has 0 aromatic carbocycles. The Hall–Kier alpha value is -0.580. The SMILES string of the molecule is CCCCCCCCCCC(=O)N1CCC(S(C)(=O)=O)CC1. The van der Waals surface area contributed by atoms with Gasteiger partial charge in [-0.15, -0.1) is 0 Å². The summed E-state index contributed by atoms with van der Waals surface area (Å²) in [6, 6.07) is 0. The number of unbranched alkanes of at least 4 members (excludes halogenated alkanes) is 7. The zero-order valence-corrected chi connectivity index (χ0v) is 15.2. The first-order valence-electron chi connectivity index (χ1n) is 8.91. The number of likely N-dealkylation sites (tertiary alicyclic amines) is 1. The molecule has 1 saturated heterocycles. The van der Waals surface area contributed by atoms with E-state index in [4.69, 9.17) is 0 Å². The average molecular weight is 332 g/mol. The van der Waals surface area contributed by atoms with Crippen LogP contribution < -0.4 is 0 Å². The second kappa shape index (κ2) is 10.2. The number of nitrogens with zero attached hydrogens (tertiary/aromatic N) is 1. The number of amides is 1. The number of sulfone groups is 1. The van der Waals surface area contributed by atoms with Crippen LogP contribution in [0, 0.1) is 0 Å². The average Bonchev–Trinajstić information content (AvgIpc) is 2.49. The minimum absolute atomic E-state index is 0.206. The molecule has 5 heteroatoms. The molecule has 22 heavy (non-hydrogen) atoms. The summed E-state index contributed by atoms with van der Waals surface area (Å²) in [5.74, 6) is 0.206. The fourth-order valence-corrected chi connectivity index (χ4v) is 4.17. The lowest BCUT2D eigenvalue weighted by molar-refractivity contribution is -0.132. The van der Waals surface area contributed by atoms with Gasteiger partial charge in [-0.25, -0.2) is 8.42 Å². The number of hydrogen-bond acceptors (Lipinski definition) is 3. The molecule has 0 aromatic rings. The maximum atomic E-state index is 12.1. The molecule has 0 saturated carbocycles. The van der Waals surface area contributed by atoms with Gasteiger partial charge in [0.1, 0.15) is 9.84 Å². The van der Waals surface area contributed by atoms with Gasteiger partial charge in [-0.05, 0) is 19.3 Å². The van der Waals surface area contributed by atoms with Gasteiger partial charge in [0.25, 0.3) is 0 Å². The van der Waals surface area contributed by atoms with Gasteiger partial charge in [0.15, 0.2) is 0 Å². The molecule has 1 rings (SSSR count). The molecule has 1 amide bonds. The topological polar surface area (TPSA) is 54.5 Å². The summed E-state index contributed by atoms with van der Waals surface area (Å²) < 4.78 is 23.0. The van der Waals surface area contributed by atoms with Crippen LogP contribution in [0.2, 0.25) is 0 Å². The van der Waals surface area contributed by atoms with Crippen molar-refractivity contribution in [3.05, 3.63) is 0 Å². The highest BCUT2D eigenvalue weighted by molar-refractivity contribution is 7.91. The van der Waals surface area contributed by atoms with Crippen LogP contribution in [0.1, 0.15) is 77.6 Å². The minimum Gasteiger partial charge on any atom is -0.343 e. The highest BCUT2D eigenvalue weighted by atomic mass is 32.2. The molecule has 1 fully saturated rings. The first-order valence-corrected chi connectivity index (χ1v) is 10.9. The summed E-state index contributed by atoms with van der Waals surface area (Å²) >= 11 is 0. The summed E-state index contributed by atoms with van der Waals surface area (Å²) in [7, 11) is -2.95. The maximum absolute atomic E-state index is 12.1. The molecule has 1 aliphatic rings. The van der Waals surface area contributed by atoms with E-state index < -0.39 is 9.84 Å². The summed E-state index contributed by atoms with van der Waals surface area (Å²) in [6.45, 7) is 3.44. The van der Waals surface area contributed by atoms with Crippen molar-refractivity contribution in [2.45, 2.75) is 82.8 Å². The molecule has 0 unspecified atom stereocenters. The van der Waals surface area contributed by atoms with E-state index in [9.17, 15) is 13.2 Å². The van der Waals surface area contributed by atoms with Crippen molar-refractivity contribution in [3.63, 3.8) is 0 Å². The van der Waals surface area contributed by atoms with Gasteiger partial charge in [-0.3, -0.25) is 4.79 Å². The van der Waals surface area contributed by atoms with Crippen LogP contribution in [0.4, 0.5) is 0 Å². The van der Waals surface area contributed by atoms with Crippen LogP contribution in [-0.4, -0.2) is 43.8 Å². The first-order chi connectivity index (χ1) is 10.4. The van der Waals surface area contributed by atoms with Crippen LogP contribution in [-0.2, 0) is 14.6 Å². The van der Waals surface area contributed by atoms with E-state index in [1.54, 1.807) is 0 Å². The van der Waals surface area contributed by atoms with Gasteiger partial charge in [0.2, 0.25) is 5.91 Å². The van der Waals surface area contributed by atoms with Crippen LogP contribution in [0.5, 0.6) is 0 Å². The third kappa shape index (κ3) is 7.61. The second-order valence-corrected chi connectivity index (χ2v) is 8.96. The Morgan fingerprint density at radius 2 is 1.45 bits per heavy atom. The van der Waals surface area contributed by atoms with Crippen molar-refractivity contribution >= 4 is 15.7 Å². The Labute approximate surface area is 136 Å². The fraction of sp³-hybridized carbons (Fsp3) is 0.941. The highest BCUT2D eigenvalue weighted by Crippen LogP contribution is 2.18. The molecule has 130 valence electrons. The minimum atomic E-state index is -2.95. The lowest BCUT2D eigenvalue weighted by Crippen LogP contribution is -2.42. The predicted octanol–water partition coefficient (Wildman–Crippen LogP) is 3.55.